The molecule has 1 N–H and O–H groups in total. The molecule has 0 saturated heterocycles. The van der Waals surface area contributed by atoms with Gasteiger partial charge in [0.15, 0.2) is 0 Å². The molecule has 0 amide bonds. The van der Waals surface area contributed by atoms with Crippen molar-refractivity contribution in [3.05, 3.63) is 48.0 Å². The first-order valence-corrected chi connectivity index (χ1v) is 5.47. The predicted octanol–water partition coefficient (Wildman–Crippen LogP) is 1.65. The second-order valence-electron chi connectivity index (χ2n) is 3.74. The Morgan fingerprint density at radius 1 is 1.38 bits per heavy atom. The third kappa shape index (κ3) is 2.94. The Kier molecular flexibility index (Phi) is 3.72. The van der Waals surface area contributed by atoms with Crippen LogP contribution in [-0.4, -0.2) is 18.6 Å². The summed E-state index contributed by atoms with van der Waals surface area (Å²) in [6, 6.07) is 9.41. The second-order valence-corrected chi connectivity index (χ2v) is 3.74. The number of hydrogen-bond acceptors (Lipinski definition) is 3. The van der Waals surface area contributed by atoms with Crippen LogP contribution in [0.2, 0.25) is 0 Å². The normalized spacial score (nSPS) is 19.4. The molecule has 0 saturated carbocycles. The number of benzene rings is 1. The van der Waals surface area contributed by atoms with E-state index in [0.29, 0.717) is 6.61 Å². The van der Waals surface area contributed by atoms with Gasteiger partial charge < -0.3 is 10.1 Å². The van der Waals surface area contributed by atoms with Crippen LogP contribution >= 0.6 is 0 Å². The van der Waals surface area contributed by atoms with E-state index < -0.39 is 0 Å². The summed E-state index contributed by atoms with van der Waals surface area (Å²) >= 11 is 0. The van der Waals surface area contributed by atoms with Gasteiger partial charge in [0.1, 0.15) is 12.6 Å². The van der Waals surface area contributed by atoms with E-state index >= 15 is 0 Å². The molecule has 0 aromatic heterocycles. The summed E-state index contributed by atoms with van der Waals surface area (Å²) in [5.41, 5.74) is 1.01. The van der Waals surface area contributed by atoms with Crippen LogP contribution in [0.1, 0.15) is 12.0 Å². The number of carbonyl (C=O) groups is 1. The van der Waals surface area contributed by atoms with Crippen molar-refractivity contribution in [2.75, 3.05) is 6.54 Å². The summed E-state index contributed by atoms with van der Waals surface area (Å²) in [5.74, 6) is -0.209. The van der Waals surface area contributed by atoms with Crippen molar-refractivity contribution >= 4 is 5.97 Å². The van der Waals surface area contributed by atoms with Gasteiger partial charge in [-0.1, -0.05) is 42.5 Å². The van der Waals surface area contributed by atoms with Gasteiger partial charge in [0.2, 0.25) is 0 Å². The predicted molar refractivity (Wildman–Crippen MR) is 61.8 cm³/mol. The highest BCUT2D eigenvalue weighted by molar-refractivity contribution is 5.78. The molecule has 1 aromatic carbocycles. The second kappa shape index (κ2) is 5.47. The fourth-order valence-electron chi connectivity index (χ4n) is 1.60. The summed E-state index contributed by atoms with van der Waals surface area (Å²) in [7, 11) is 0. The lowest BCUT2D eigenvalue weighted by atomic mass is 10.2. The lowest BCUT2D eigenvalue weighted by molar-refractivity contribution is -0.146. The summed E-state index contributed by atoms with van der Waals surface area (Å²) in [6.07, 6.45) is 4.84. The Morgan fingerprint density at radius 3 is 2.88 bits per heavy atom. The fraction of sp³-hybridized carbons (Fsp3) is 0.308. The van der Waals surface area contributed by atoms with E-state index in [-0.39, 0.29) is 12.0 Å². The van der Waals surface area contributed by atoms with Crippen molar-refractivity contribution in [1.29, 1.82) is 0 Å². The molecule has 84 valence electrons. The molecular formula is C13H15NO2. The quantitative estimate of drug-likeness (QED) is 0.618. The van der Waals surface area contributed by atoms with Gasteiger partial charge in [-0.25, -0.2) is 4.79 Å². The van der Waals surface area contributed by atoms with Crippen molar-refractivity contribution in [1.82, 2.24) is 5.32 Å². The average Bonchev–Trinajstić information content (AvgIpc) is 2.38. The maximum atomic E-state index is 11.6. The molecule has 0 radical (unpaired) electrons. The van der Waals surface area contributed by atoms with E-state index in [1.165, 1.54) is 0 Å². The van der Waals surface area contributed by atoms with Crippen molar-refractivity contribution in [3.63, 3.8) is 0 Å². The first-order chi connectivity index (χ1) is 7.86. The Balaban J connectivity index is 1.84. The molecule has 1 heterocycles. The topological polar surface area (TPSA) is 38.3 Å². The molecule has 1 aliphatic heterocycles. The van der Waals surface area contributed by atoms with Gasteiger partial charge in [0.05, 0.1) is 0 Å². The number of rotatable bonds is 3. The number of ether oxygens (including phenoxy) is 1. The van der Waals surface area contributed by atoms with Crippen molar-refractivity contribution in [2.45, 2.75) is 19.1 Å². The van der Waals surface area contributed by atoms with Crippen molar-refractivity contribution in [2.24, 2.45) is 0 Å². The lowest BCUT2D eigenvalue weighted by Crippen LogP contribution is -2.38. The van der Waals surface area contributed by atoms with Crippen molar-refractivity contribution < 1.29 is 9.53 Å². The standard InChI is InChI=1S/C13H15NO2/c15-13(12-8-4-5-9-14-12)16-10-11-6-2-1-3-7-11/h1-4,6-8,12,14H,5,9-10H2. The minimum atomic E-state index is -0.280. The van der Waals surface area contributed by atoms with Crippen LogP contribution in [0, 0.1) is 0 Å². The Bertz CT molecular complexity index is 373. The van der Waals surface area contributed by atoms with Gasteiger partial charge in [0, 0.05) is 0 Å². The molecule has 0 spiro atoms. The number of hydrogen-bond donors (Lipinski definition) is 1. The minimum Gasteiger partial charge on any atom is -0.459 e. The van der Waals surface area contributed by atoms with E-state index in [9.17, 15) is 4.79 Å². The van der Waals surface area contributed by atoms with Crippen molar-refractivity contribution in [3.8, 4) is 0 Å². The van der Waals surface area contributed by atoms with E-state index in [2.05, 4.69) is 5.32 Å². The molecule has 1 atom stereocenters. The van der Waals surface area contributed by atoms with Crippen LogP contribution in [-0.2, 0) is 16.1 Å². The Labute approximate surface area is 95.1 Å². The molecule has 1 aromatic rings. The van der Waals surface area contributed by atoms with Crippen LogP contribution < -0.4 is 5.32 Å². The molecule has 2 rings (SSSR count). The van der Waals surface area contributed by atoms with E-state index in [4.69, 9.17) is 4.74 Å². The van der Waals surface area contributed by atoms with E-state index in [1.54, 1.807) is 0 Å². The molecule has 1 unspecified atom stereocenters. The third-order valence-electron chi connectivity index (χ3n) is 2.48. The highest BCUT2D eigenvalue weighted by Gasteiger charge is 2.17. The van der Waals surface area contributed by atoms with Gasteiger partial charge in [0.25, 0.3) is 0 Å². The van der Waals surface area contributed by atoms with Crippen LogP contribution in [0.5, 0.6) is 0 Å². The molecule has 16 heavy (non-hydrogen) atoms. The average molecular weight is 217 g/mol. The largest absolute Gasteiger partial charge is 0.459 e. The molecular weight excluding hydrogens is 202 g/mol. The molecule has 1 aliphatic rings. The minimum absolute atomic E-state index is 0.209. The fourth-order valence-corrected chi connectivity index (χ4v) is 1.60. The number of carbonyl (C=O) groups excluding carboxylic acids is 1. The maximum absolute atomic E-state index is 11.6. The first kappa shape index (κ1) is 10.9. The summed E-state index contributed by atoms with van der Waals surface area (Å²) < 4.78 is 5.21. The number of esters is 1. The van der Waals surface area contributed by atoms with Gasteiger partial charge >= 0.3 is 5.97 Å². The molecule has 3 nitrogen and oxygen atoms in total. The van der Waals surface area contributed by atoms with Crippen LogP contribution in [0.4, 0.5) is 0 Å². The van der Waals surface area contributed by atoms with Crippen LogP contribution in [0.3, 0.4) is 0 Å². The monoisotopic (exact) mass is 217 g/mol. The molecule has 0 aliphatic carbocycles. The SMILES string of the molecule is O=C(OCc1ccccc1)C1C=CCCN1. The van der Waals surface area contributed by atoms with E-state index in [1.807, 2.05) is 42.5 Å². The third-order valence-corrected chi connectivity index (χ3v) is 2.48. The van der Waals surface area contributed by atoms with Gasteiger partial charge in [-0.2, -0.15) is 0 Å². The zero-order valence-corrected chi connectivity index (χ0v) is 9.06. The Hall–Kier alpha value is -1.61. The van der Waals surface area contributed by atoms with Gasteiger partial charge in [-0.15, -0.1) is 0 Å². The summed E-state index contributed by atoms with van der Waals surface area (Å²) in [6.45, 7) is 1.17. The summed E-state index contributed by atoms with van der Waals surface area (Å²) in [4.78, 5) is 11.6. The highest BCUT2D eigenvalue weighted by Crippen LogP contribution is 2.04. The molecule has 0 bridgehead atoms. The lowest BCUT2D eigenvalue weighted by Gasteiger charge is -2.16. The maximum Gasteiger partial charge on any atom is 0.327 e. The zero-order valence-electron chi connectivity index (χ0n) is 9.06. The van der Waals surface area contributed by atoms with Gasteiger partial charge in [-0.3, -0.25) is 0 Å². The highest BCUT2D eigenvalue weighted by atomic mass is 16.5. The van der Waals surface area contributed by atoms with E-state index in [0.717, 1.165) is 18.5 Å². The zero-order chi connectivity index (χ0) is 11.2. The Morgan fingerprint density at radius 2 is 2.19 bits per heavy atom. The smallest absolute Gasteiger partial charge is 0.327 e. The summed E-state index contributed by atoms with van der Waals surface area (Å²) in [5, 5.41) is 3.09. The number of nitrogens with one attached hydrogen (secondary N) is 1. The van der Waals surface area contributed by atoms with Crippen LogP contribution in [0.15, 0.2) is 42.5 Å². The van der Waals surface area contributed by atoms with Gasteiger partial charge in [-0.05, 0) is 18.5 Å². The molecule has 3 heteroatoms. The molecule has 0 fully saturated rings. The first-order valence-electron chi connectivity index (χ1n) is 5.47. The van der Waals surface area contributed by atoms with Crippen LogP contribution in [0.25, 0.3) is 0 Å².